The number of hydrogen-bond donors (Lipinski definition) is 0. The van der Waals surface area contributed by atoms with Gasteiger partial charge in [0.05, 0.1) is 11.5 Å². The zero-order valence-corrected chi connectivity index (χ0v) is 16.9. The lowest BCUT2D eigenvalue weighted by Crippen LogP contribution is -2.34. The Morgan fingerprint density at radius 3 is 2.46 bits per heavy atom. The molecule has 1 heterocycles. The quantitative estimate of drug-likeness (QED) is 0.681. The van der Waals surface area contributed by atoms with E-state index in [0.717, 1.165) is 18.4 Å². The van der Waals surface area contributed by atoms with Gasteiger partial charge >= 0.3 is 0 Å². The van der Waals surface area contributed by atoms with E-state index in [-0.39, 0.29) is 10.8 Å². The molecule has 1 aliphatic heterocycles. The van der Waals surface area contributed by atoms with Crippen LogP contribution >= 0.6 is 0 Å². The minimum atomic E-state index is -3.56. The minimum absolute atomic E-state index is 0.173. The van der Waals surface area contributed by atoms with E-state index in [9.17, 15) is 13.2 Å². The normalized spacial score (nSPS) is 14.9. The van der Waals surface area contributed by atoms with Gasteiger partial charge in [-0.3, -0.25) is 4.79 Å². The van der Waals surface area contributed by atoms with Crippen LogP contribution in [0.1, 0.15) is 28.8 Å². The molecule has 0 bridgehead atoms. The minimum Gasteiger partial charge on any atom is -0.383 e. The summed E-state index contributed by atoms with van der Waals surface area (Å²) < 4.78 is 32.3. The SMILES string of the molecule is COCCN(Cc1ccccc1)C(=O)c1cccc(S(=O)(=O)N2CCCC2)c1. The number of carbonyl (C=O) groups excluding carboxylic acids is 1. The van der Waals surface area contributed by atoms with Crippen LogP contribution in [0, 0.1) is 0 Å². The van der Waals surface area contributed by atoms with Gasteiger partial charge in [0.1, 0.15) is 0 Å². The molecule has 0 aromatic heterocycles. The highest BCUT2D eigenvalue weighted by Gasteiger charge is 2.28. The fourth-order valence-electron chi connectivity index (χ4n) is 3.31. The van der Waals surface area contributed by atoms with E-state index in [4.69, 9.17) is 4.74 Å². The molecular weight excluding hydrogens is 376 g/mol. The van der Waals surface area contributed by atoms with E-state index in [0.29, 0.717) is 38.3 Å². The summed E-state index contributed by atoms with van der Waals surface area (Å²) in [4.78, 5) is 15.0. The first-order valence-electron chi connectivity index (χ1n) is 9.45. The number of nitrogens with zero attached hydrogens (tertiary/aromatic N) is 2. The Balaban J connectivity index is 1.84. The predicted molar refractivity (Wildman–Crippen MR) is 107 cm³/mol. The molecule has 6 nitrogen and oxygen atoms in total. The van der Waals surface area contributed by atoms with Crippen molar-refractivity contribution in [1.29, 1.82) is 0 Å². The number of hydrogen-bond acceptors (Lipinski definition) is 4. The van der Waals surface area contributed by atoms with Gasteiger partial charge in [-0.05, 0) is 36.6 Å². The third kappa shape index (κ3) is 4.79. The van der Waals surface area contributed by atoms with Gasteiger partial charge in [-0.15, -0.1) is 0 Å². The van der Waals surface area contributed by atoms with Gasteiger partial charge in [-0.2, -0.15) is 4.31 Å². The maximum atomic E-state index is 13.1. The highest BCUT2D eigenvalue weighted by molar-refractivity contribution is 7.89. The second-order valence-electron chi connectivity index (χ2n) is 6.84. The van der Waals surface area contributed by atoms with Crippen LogP contribution in [-0.2, 0) is 21.3 Å². The van der Waals surface area contributed by atoms with Gasteiger partial charge in [-0.25, -0.2) is 8.42 Å². The second kappa shape index (κ2) is 9.32. The molecule has 0 N–H and O–H groups in total. The summed E-state index contributed by atoms with van der Waals surface area (Å²) in [7, 11) is -1.97. The highest BCUT2D eigenvalue weighted by atomic mass is 32.2. The fourth-order valence-corrected chi connectivity index (χ4v) is 4.87. The van der Waals surface area contributed by atoms with E-state index in [2.05, 4.69) is 0 Å². The summed E-state index contributed by atoms with van der Waals surface area (Å²) in [5.41, 5.74) is 1.38. The second-order valence-corrected chi connectivity index (χ2v) is 8.78. The maximum Gasteiger partial charge on any atom is 0.254 e. The van der Waals surface area contributed by atoms with E-state index in [1.54, 1.807) is 30.2 Å². The van der Waals surface area contributed by atoms with Crippen molar-refractivity contribution in [3.8, 4) is 0 Å². The van der Waals surface area contributed by atoms with Crippen molar-refractivity contribution in [3.05, 3.63) is 65.7 Å². The van der Waals surface area contributed by atoms with Crippen LogP contribution < -0.4 is 0 Å². The molecule has 2 aromatic carbocycles. The number of benzene rings is 2. The lowest BCUT2D eigenvalue weighted by molar-refractivity contribution is 0.0680. The first kappa shape index (κ1) is 20.5. The van der Waals surface area contributed by atoms with Crippen LogP contribution in [0.3, 0.4) is 0 Å². The third-order valence-electron chi connectivity index (χ3n) is 4.85. The molecule has 0 aliphatic carbocycles. The van der Waals surface area contributed by atoms with Crippen molar-refractivity contribution in [2.24, 2.45) is 0 Å². The molecule has 3 rings (SSSR count). The molecule has 2 aromatic rings. The summed E-state index contributed by atoms with van der Waals surface area (Å²) >= 11 is 0. The molecule has 28 heavy (non-hydrogen) atoms. The van der Waals surface area contributed by atoms with Crippen molar-refractivity contribution >= 4 is 15.9 Å². The van der Waals surface area contributed by atoms with E-state index in [1.165, 1.54) is 10.4 Å². The molecule has 1 fully saturated rings. The monoisotopic (exact) mass is 402 g/mol. The molecule has 1 saturated heterocycles. The number of amides is 1. The molecule has 7 heteroatoms. The number of methoxy groups -OCH3 is 1. The third-order valence-corrected chi connectivity index (χ3v) is 6.75. The zero-order chi connectivity index (χ0) is 20.0. The first-order valence-corrected chi connectivity index (χ1v) is 10.9. The van der Waals surface area contributed by atoms with Crippen LogP contribution in [0.5, 0.6) is 0 Å². The topological polar surface area (TPSA) is 66.9 Å². The number of ether oxygens (including phenoxy) is 1. The van der Waals surface area contributed by atoms with Gasteiger partial charge in [0, 0.05) is 38.9 Å². The van der Waals surface area contributed by atoms with Crippen molar-refractivity contribution in [3.63, 3.8) is 0 Å². The summed E-state index contributed by atoms with van der Waals surface area (Å²) in [6, 6.07) is 16.0. The van der Waals surface area contributed by atoms with Gasteiger partial charge in [0.15, 0.2) is 0 Å². The first-order chi connectivity index (χ1) is 13.5. The molecule has 0 atom stereocenters. The van der Waals surface area contributed by atoms with Crippen molar-refractivity contribution in [2.75, 3.05) is 33.4 Å². The van der Waals surface area contributed by atoms with Crippen molar-refractivity contribution < 1.29 is 17.9 Å². The van der Waals surface area contributed by atoms with Crippen molar-refractivity contribution in [2.45, 2.75) is 24.3 Å². The number of sulfonamides is 1. The van der Waals surface area contributed by atoms with Crippen LogP contribution in [0.25, 0.3) is 0 Å². The number of carbonyl (C=O) groups is 1. The lowest BCUT2D eigenvalue weighted by atomic mass is 10.1. The van der Waals surface area contributed by atoms with Gasteiger partial charge in [0.25, 0.3) is 5.91 Å². The van der Waals surface area contributed by atoms with Gasteiger partial charge < -0.3 is 9.64 Å². The highest BCUT2D eigenvalue weighted by Crippen LogP contribution is 2.22. The molecule has 0 saturated carbocycles. The van der Waals surface area contributed by atoms with Gasteiger partial charge in [0.2, 0.25) is 10.0 Å². The van der Waals surface area contributed by atoms with E-state index >= 15 is 0 Å². The Morgan fingerprint density at radius 2 is 1.79 bits per heavy atom. The van der Waals surface area contributed by atoms with Gasteiger partial charge in [-0.1, -0.05) is 36.4 Å². The maximum absolute atomic E-state index is 13.1. The average Bonchev–Trinajstić information content (AvgIpc) is 3.27. The molecule has 1 aliphatic rings. The molecule has 150 valence electrons. The van der Waals surface area contributed by atoms with Crippen LogP contribution in [0.2, 0.25) is 0 Å². The lowest BCUT2D eigenvalue weighted by Gasteiger charge is -2.23. The average molecular weight is 403 g/mol. The zero-order valence-electron chi connectivity index (χ0n) is 16.1. The Kier molecular flexibility index (Phi) is 6.83. The Morgan fingerprint density at radius 1 is 1.07 bits per heavy atom. The van der Waals surface area contributed by atoms with Crippen LogP contribution in [0.15, 0.2) is 59.5 Å². The molecule has 0 unspecified atom stereocenters. The fraction of sp³-hybridized carbons (Fsp3) is 0.381. The molecule has 1 amide bonds. The Bertz CT molecular complexity index is 894. The number of rotatable bonds is 8. The summed E-state index contributed by atoms with van der Waals surface area (Å²) in [6.07, 6.45) is 1.75. The van der Waals surface area contributed by atoms with E-state index in [1.807, 2.05) is 30.3 Å². The van der Waals surface area contributed by atoms with E-state index < -0.39 is 10.0 Å². The predicted octanol–water partition coefficient (Wildman–Crippen LogP) is 2.76. The van der Waals surface area contributed by atoms with Crippen LogP contribution in [-0.4, -0.2) is 56.9 Å². The largest absolute Gasteiger partial charge is 0.383 e. The smallest absolute Gasteiger partial charge is 0.254 e. The molecular formula is C21H26N2O4S. The Labute approximate surface area is 166 Å². The summed E-state index contributed by atoms with van der Waals surface area (Å²) in [6.45, 7) is 2.34. The summed E-state index contributed by atoms with van der Waals surface area (Å²) in [5.74, 6) is -0.209. The summed E-state index contributed by atoms with van der Waals surface area (Å²) in [5, 5.41) is 0. The standard InChI is InChI=1S/C21H26N2O4S/c1-27-15-14-22(17-18-8-3-2-4-9-18)21(24)19-10-7-11-20(16-19)28(25,26)23-12-5-6-13-23/h2-4,7-11,16H,5-6,12-15,17H2,1H3. The molecule has 0 spiro atoms. The van der Waals surface area contributed by atoms with Crippen molar-refractivity contribution in [1.82, 2.24) is 9.21 Å². The molecule has 0 radical (unpaired) electrons. The Hall–Kier alpha value is -2.22. The van der Waals surface area contributed by atoms with Crippen LogP contribution in [0.4, 0.5) is 0 Å².